The second-order valence-corrected chi connectivity index (χ2v) is 2.95. The molecule has 0 unspecified atom stereocenters. The van der Waals surface area contributed by atoms with Crippen molar-refractivity contribution in [1.82, 2.24) is 0 Å². The fraction of sp³-hybridized carbons (Fsp3) is 0.300. The van der Waals surface area contributed by atoms with Crippen molar-refractivity contribution in [3.63, 3.8) is 0 Å². The highest BCUT2D eigenvalue weighted by atomic mass is 16.1. The number of nitrogen functional groups attached to an aromatic ring is 1. The molecule has 3 heteroatoms. The molecule has 0 atom stereocenters. The van der Waals surface area contributed by atoms with Crippen molar-refractivity contribution in [1.29, 1.82) is 0 Å². The van der Waals surface area contributed by atoms with E-state index in [2.05, 4.69) is 5.32 Å². The van der Waals surface area contributed by atoms with Crippen LogP contribution in [0.15, 0.2) is 18.2 Å². The van der Waals surface area contributed by atoms with Gasteiger partial charge in [-0.25, -0.2) is 0 Å². The predicted molar refractivity (Wildman–Crippen MR) is 54.5 cm³/mol. The van der Waals surface area contributed by atoms with Crippen LogP contribution in [0.5, 0.6) is 0 Å². The first-order chi connectivity index (χ1) is 6.13. The summed E-state index contributed by atoms with van der Waals surface area (Å²) in [4.78, 5) is 10.8. The molecule has 0 aliphatic rings. The molecule has 0 aliphatic heterocycles. The third-order valence-electron chi connectivity index (χ3n) is 1.83. The van der Waals surface area contributed by atoms with Crippen molar-refractivity contribution < 1.29 is 4.79 Å². The maximum atomic E-state index is 10.8. The number of carbonyl (C=O) groups is 1. The van der Waals surface area contributed by atoms with Gasteiger partial charge in [0.05, 0.1) is 0 Å². The summed E-state index contributed by atoms with van der Waals surface area (Å²) < 4.78 is 0. The lowest BCUT2D eigenvalue weighted by Gasteiger charge is -2.08. The zero-order valence-electron chi connectivity index (χ0n) is 7.92. The van der Waals surface area contributed by atoms with Crippen LogP contribution in [-0.2, 0) is 11.2 Å². The largest absolute Gasteiger partial charge is 0.399 e. The van der Waals surface area contributed by atoms with E-state index in [1.807, 2.05) is 19.1 Å². The number of rotatable bonds is 2. The number of hydrogen-bond donors (Lipinski definition) is 2. The fourth-order valence-corrected chi connectivity index (χ4v) is 1.21. The minimum Gasteiger partial charge on any atom is -0.399 e. The first kappa shape index (κ1) is 9.58. The third-order valence-corrected chi connectivity index (χ3v) is 1.83. The molecule has 0 spiro atoms. The highest BCUT2D eigenvalue weighted by molar-refractivity contribution is 5.90. The van der Waals surface area contributed by atoms with Crippen LogP contribution in [0.4, 0.5) is 11.4 Å². The quantitative estimate of drug-likeness (QED) is 0.678. The van der Waals surface area contributed by atoms with Crippen molar-refractivity contribution in [3.05, 3.63) is 23.8 Å². The van der Waals surface area contributed by atoms with E-state index in [0.29, 0.717) is 5.69 Å². The Balaban J connectivity index is 3.01. The number of amides is 1. The Morgan fingerprint density at radius 1 is 1.54 bits per heavy atom. The van der Waals surface area contributed by atoms with Crippen LogP contribution in [0.1, 0.15) is 19.4 Å². The van der Waals surface area contributed by atoms with Crippen LogP contribution in [0, 0.1) is 0 Å². The van der Waals surface area contributed by atoms with Crippen LogP contribution in [-0.4, -0.2) is 5.91 Å². The average molecular weight is 178 g/mol. The molecule has 0 fully saturated rings. The second-order valence-electron chi connectivity index (χ2n) is 2.95. The summed E-state index contributed by atoms with van der Waals surface area (Å²) in [5.74, 6) is -0.0692. The first-order valence-corrected chi connectivity index (χ1v) is 4.29. The summed E-state index contributed by atoms with van der Waals surface area (Å²) >= 11 is 0. The molecule has 0 aliphatic carbocycles. The summed E-state index contributed by atoms with van der Waals surface area (Å²) in [6.45, 7) is 3.53. The number of hydrogen-bond acceptors (Lipinski definition) is 2. The van der Waals surface area contributed by atoms with Crippen LogP contribution in [0.3, 0.4) is 0 Å². The number of anilines is 2. The molecule has 0 saturated carbocycles. The van der Waals surface area contributed by atoms with E-state index in [1.165, 1.54) is 6.92 Å². The summed E-state index contributed by atoms with van der Waals surface area (Å²) in [6, 6.07) is 5.55. The van der Waals surface area contributed by atoms with Gasteiger partial charge in [-0.1, -0.05) is 13.0 Å². The number of nitrogens with one attached hydrogen (secondary N) is 1. The third kappa shape index (κ3) is 2.47. The SMILES string of the molecule is CCc1ccc(N)cc1NC(C)=O. The van der Waals surface area contributed by atoms with Gasteiger partial charge in [-0.15, -0.1) is 0 Å². The summed E-state index contributed by atoms with van der Waals surface area (Å²) in [6.07, 6.45) is 0.885. The molecule has 1 aromatic rings. The normalized spacial score (nSPS) is 9.69. The molecule has 0 radical (unpaired) electrons. The van der Waals surface area contributed by atoms with E-state index in [1.54, 1.807) is 6.07 Å². The van der Waals surface area contributed by atoms with E-state index in [-0.39, 0.29) is 5.91 Å². The molecular formula is C10H14N2O. The van der Waals surface area contributed by atoms with E-state index >= 15 is 0 Å². The fourth-order valence-electron chi connectivity index (χ4n) is 1.21. The molecule has 0 saturated heterocycles. The highest BCUT2D eigenvalue weighted by Crippen LogP contribution is 2.19. The first-order valence-electron chi connectivity index (χ1n) is 4.29. The summed E-state index contributed by atoms with van der Waals surface area (Å²) in [5.41, 5.74) is 8.19. The van der Waals surface area contributed by atoms with Gasteiger partial charge in [-0.2, -0.15) is 0 Å². The monoisotopic (exact) mass is 178 g/mol. The Hall–Kier alpha value is -1.51. The zero-order chi connectivity index (χ0) is 9.84. The van der Waals surface area contributed by atoms with E-state index in [4.69, 9.17) is 5.73 Å². The Bertz CT molecular complexity index is 321. The Labute approximate surface area is 77.9 Å². The van der Waals surface area contributed by atoms with E-state index in [9.17, 15) is 4.79 Å². The van der Waals surface area contributed by atoms with Gasteiger partial charge in [0.1, 0.15) is 0 Å². The minimum atomic E-state index is -0.0692. The van der Waals surface area contributed by atoms with Crippen LogP contribution in [0.25, 0.3) is 0 Å². The number of carbonyl (C=O) groups excluding carboxylic acids is 1. The summed E-state index contributed by atoms with van der Waals surface area (Å²) in [5, 5.41) is 2.75. The number of benzene rings is 1. The summed E-state index contributed by atoms with van der Waals surface area (Å²) in [7, 11) is 0. The smallest absolute Gasteiger partial charge is 0.221 e. The average Bonchev–Trinajstić information content (AvgIpc) is 2.03. The second kappa shape index (κ2) is 3.94. The van der Waals surface area contributed by atoms with Crippen LogP contribution < -0.4 is 11.1 Å². The lowest BCUT2D eigenvalue weighted by molar-refractivity contribution is -0.114. The Kier molecular flexibility index (Phi) is 2.90. The minimum absolute atomic E-state index is 0.0692. The van der Waals surface area contributed by atoms with Gasteiger partial charge in [0, 0.05) is 18.3 Å². The van der Waals surface area contributed by atoms with Crippen molar-refractivity contribution in [2.45, 2.75) is 20.3 Å². The van der Waals surface area contributed by atoms with Gasteiger partial charge in [0.25, 0.3) is 0 Å². The number of nitrogens with two attached hydrogens (primary N) is 1. The number of aryl methyl sites for hydroxylation is 1. The van der Waals surface area contributed by atoms with Crippen molar-refractivity contribution in [2.75, 3.05) is 11.1 Å². The standard InChI is InChI=1S/C10H14N2O/c1-3-8-4-5-9(11)6-10(8)12-7(2)13/h4-6H,3,11H2,1-2H3,(H,12,13). The van der Waals surface area contributed by atoms with Crippen molar-refractivity contribution in [2.24, 2.45) is 0 Å². The maximum absolute atomic E-state index is 10.8. The molecular weight excluding hydrogens is 164 g/mol. The van der Waals surface area contributed by atoms with Gasteiger partial charge < -0.3 is 11.1 Å². The molecule has 3 nitrogen and oxygen atoms in total. The molecule has 0 aromatic heterocycles. The lowest BCUT2D eigenvalue weighted by Crippen LogP contribution is -2.08. The van der Waals surface area contributed by atoms with Gasteiger partial charge in [-0.3, -0.25) is 4.79 Å². The van der Waals surface area contributed by atoms with Crippen molar-refractivity contribution in [3.8, 4) is 0 Å². The zero-order valence-corrected chi connectivity index (χ0v) is 7.92. The molecule has 0 heterocycles. The molecule has 3 N–H and O–H groups in total. The Morgan fingerprint density at radius 2 is 2.23 bits per heavy atom. The van der Waals surface area contributed by atoms with Gasteiger partial charge >= 0.3 is 0 Å². The maximum Gasteiger partial charge on any atom is 0.221 e. The molecule has 0 bridgehead atoms. The molecule has 70 valence electrons. The predicted octanol–water partition coefficient (Wildman–Crippen LogP) is 1.79. The molecule has 1 rings (SSSR count). The topological polar surface area (TPSA) is 55.1 Å². The van der Waals surface area contributed by atoms with E-state index in [0.717, 1.165) is 17.7 Å². The van der Waals surface area contributed by atoms with Gasteiger partial charge in [-0.05, 0) is 24.1 Å². The van der Waals surface area contributed by atoms with Crippen LogP contribution >= 0.6 is 0 Å². The highest BCUT2D eigenvalue weighted by Gasteiger charge is 2.02. The Morgan fingerprint density at radius 3 is 2.77 bits per heavy atom. The lowest BCUT2D eigenvalue weighted by atomic mass is 10.1. The molecule has 1 amide bonds. The molecule has 1 aromatic carbocycles. The van der Waals surface area contributed by atoms with Crippen LogP contribution in [0.2, 0.25) is 0 Å². The molecule has 13 heavy (non-hydrogen) atoms. The van der Waals surface area contributed by atoms with Crippen molar-refractivity contribution >= 4 is 17.3 Å². The van der Waals surface area contributed by atoms with Gasteiger partial charge in [0.2, 0.25) is 5.91 Å². The van der Waals surface area contributed by atoms with Gasteiger partial charge in [0.15, 0.2) is 0 Å². The van der Waals surface area contributed by atoms with E-state index < -0.39 is 0 Å².